The van der Waals surface area contributed by atoms with Gasteiger partial charge in [-0.05, 0) is 23.8 Å². The summed E-state index contributed by atoms with van der Waals surface area (Å²) in [7, 11) is 0. The molecule has 0 amide bonds. The molecule has 100 valence electrons. The quantitative estimate of drug-likeness (QED) is 0.590. The molecular weight excluding hydrogens is 268 g/mol. The molecule has 1 aromatic carbocycles. The number of imidazole rings is 1. The van der Waals surface area contributed by atoms with Crippen molar-refractivity contribution in [3.8, 4) is 5.69 Å². The van der Waals surface area contributed by atoms with Gasteiger partial charge in [0.1, 0.15) is 0 Å². The van der Waals surface area contributed by atoms with E-state index in [0.29, 0.717) is 0 Å². The van der Waals surface area contributed by atoms with Gasteiger partial charge in [-0.25, -0.2) is 4.98 Å². The van der Waals surface area contributed by atoms with Gasteiger partial charge in [-0.3, -0.25) is 9.55 Å². The highest BCUT2D eigenvalue weighted by molar-refractivity contribution is 7.98. The van der Waals surface area contributed by atoms with Crippen LogP contribution in [0.5, 0.6) is 0 Å². The Bertz CT molecular complexity index is 694. The fourth-order valence-corrected chi connectivity index (χ4v) is 2.89. The number of para-hydroxylation sites is 1. The van der Waals surface area contributed by atoms with Crippen LogP contribution in [-0.2, 0) is 5.75 Å². The lowest BCUT2D eigenvalue weighted by Crippen LogP contribution is -1.96. The molecule has 3 rings (SSSR count). The average Bonchev–Trinajstić information content (AvgIpc) is 2.96. The van der Waals surface area contributed by atoms with Crippen molar-refractivity contribution in [1.29, 1.82) is 0 Å². The molecule has 0 spiro atoms. The molecule has 4 nitrogen and oxygen atoms in total. The van der Waals surface area contributed by atoms with E-state index in [-0.39, 0.29) is 0 Å². The molecule has 2 N–H and O–H groups in total. The summed E-state index contributed by atoms with van der Waals surface area (Å²) in [5, 5.41) is 0.944. The predicted octanol–water partition coefficient (Wildman–Crippen LogP) is 3.14. The van der Waals surface area contributed by atoms with Crippen LogP contribution in [0.3, 0.4) is 0 Å². The van der Waals surface area contributed by atoms with E-state index in [2.05, 4.69) is 9.97 Å². The summed E-state index contributed by atoms with van der Waals surface area (Å²) in [5.41, 5.74) is 8.96. The standard InChI is InChI=1S/C15H14N4S/c16-14-4-2-1-3-12(14)11-20-15-18-9-10-19(15)13-5-7-17-8-6-13/h1-10H,11,16H2. The average molecular weight is 282 g/mol. The van der Waals surface area contributed by atoms with Crippen LogP contribution < -0.4 is 5.73 Å². The van der Waals surface area contributed by atoms with Crippen LogP contribution in [0.4, 0.5) is 5.69 Å². The Balaban J connectivity index is 1.80. The van der Waals surface area contributed by atoms with Crippen LogP contribution in [0.2, 0.25) is 0 Å². The van der Waals surface area contributed by atoms with Crippen LogP contribution in [0.1, 0.15) is 5.56 Å². The minimum Gasteiger partial charge on any atom is -0.398 e. The third kappa shape index (κ3) is 2.67. The van der Waals surface area contributed by atoms with E-state index in [0.717, 1.165) is 27.8 Å². The molecule has 0 aliphatic heterocycles. The molecule has 0 saturated heterocycles. The normalized spacial score (nSPS) is 10.6. The van der Waals surface area contributed by atoms with Gasteiger partial charge in [0.2, 0.25) is 0 Å². The Labute approximate surface area is 121 Å². The van der Waals surface area contributed by atoms with E-state index < -0.39 is 0 Å². The summed E-state index contributed by atoms with van der Waals surface area (Å²) in [6.45, 7) is 0. The second kappa shape index (κ2) is 5.79. The second-order valence-corrected chi connectivity index (χ2v) is 5.22. The number of nitrogens with zero attached hydrogens (tertiary/aromatic N) is 3. The highest BCUT2D eigenvalue weighted by Gasteiger charge is 2.07. The molecule has 2 heterocycles. The van der Waals surface area contributed by atoms with Crippen molar-refractivity contribution in [3.63, 3.8) is 0 Å². The molecule has 0 saturated carbocycles. The maximum absolute atomic E-state index is 5.96. The summed E-state index contributed by atoms with van der Waals surface area (Å²) in [4.78, 5) is 8.44. The molecule has 0 aliphatic rings. The van der Waals surface area contributed by atoms with Gasteiger partial charge >= 0.3 is 0 Å². The Morgan fingerprint density at radius 3 is 2.65 bits per heavy atom. The van der Waals surface area contributed by atoms with Gasteiger partial charge < -0.3 is 5.73 Å². The first-order valence-electron chi connectivity index (χ1n) is 6.24. The number of benzene rings is 1. The first kappa shape index (κ1) is 12.7. The summed E-state index contributed by atoms with van der Waals surface area (Å²) >= 11 is 1.67. The minimum atomic E-state index is 0.800. The molecule has 5 heteroatoms. The van der Waals surface area contributed by atoms with Crippen LogP contribution >= 0.6 is 11.8 Å². The Morgan fingerprint density at radius 1 is 1.05 bits per heavy atom. The number of nitrogen functional groups attached to an aromatic ring is 1. The Morgan fingerprint density at radius 2 is 1.85 bits per heavy atom. The molecule has 0 atom stereocenters. The van der Waals surface area contributed by atoms with Crippen molar-refractivity contribution in [2.75, 3.05) is 5.73 Å². The molecule has 0 fully saturated rings. The fourth-order valence-electron chi connectivity index (χ4n) is 1.91. The maximum atomic E-state index is 5.96. The smallest absolute Gasteiger partial charge is 0.172 e. The number of thioether (sulfide) groups is 1. The second-order valence-electron chi connectivity index (χ2n) is 4.27. The maximum Gasteiger partial charge on any atom is 0.172 e. The largest absolute Gasteiger partial charge is 0.398 e. The molecule has 0 bridgehead atoms. The molecule has 0 radical (unpaired) electrons. The molecular formula is C15H14N4S. The minimum absolute atomic E-state index is 0.800. The lowest BCUT2D eigenvalue weighted by atomic mass is 10.2. The van der Waals surface area contributed by atoms with Gasteiger partial charge in [-0.2, -0.15) is 0 Å². The van der Waals surface area contributed by atoms with Gasteiger partial charge in [-0.15, -0.1) is 0 Å². The first-order chi connectivity index (χ1) is 9.84. The number of pyridine rings is 1. The van der Waals surface area contributed by atoms with Gasteiger partial charge in [0, 0.05) is 36.2 Å². The van der Waals surface area contributed by atoms with E-state index >= 15 is 0 Å². The van der Waals surface area contributed by atoms with Gasteiger partial charge in [0.25, 0.3) is 0 Å². The van der Waals surface area contributed by atoms with Crippen molar-refractivity contribution in [2.45, 2.75) is 10.9 Å². The number of rotatable bonds is 4. The number of nitrogens with two attached hydrogens (primary N) is 1. The summed E-state index contributed by atoms with van der Waals surface area (Å²) in [5.74, 6) is 0.800. The summed E-state index contributed by atoms with van der Waals surface area (Å²) in [6.07, 6.45) is 7.31. The third-order valence-electron chi connectivity index (χ3n) is 2.96. The Kier molecular flexibility index (Phi) is 3.69. The zero-order valence-corrected chi connectivity index (χ0v) is 11.6. The number of anilines is 1. The van der Waals surface area contributed by atoms with Crippen molar-refractivity contribution >= 4 is 17.4 Å². The van der Waals surface area contributed by atoms with E-state index in [1.165, 1.54) is 0 Å². The van der Waals surface area contributed by atoms with Crippen molar-refractivity contribution in [2.24, 2.45) is 0 Å². The monoisotopic (exact) mass is 282 g/mol. The van der Waals surface area contributed by atoms with E-state index in [4.69, 9.17) is 5.73 Å². The molecule has 20 heavy (non-hydrogen) atoms. The predicted molar refractivity (Wildman–Crippen MR) is 81.8 cm³/mol. The first-order valence-corrected chi connectivity index (χ1v) is 7.23. The molecule has 2 aromatic heterocycles. The lowest BCUT2D eigenvalue weighted by molar-refractivity contribution is 0.892. The zero-order valence-electron chi connectivity index (χ0n) is 10.8. The van der Waals surface area contributed by atoms with Crippen LogP contribution in [0, 0.1) is 0 Å². The SMILES string of the molecule is Nc1ccccc1CSc1nccn1-c1ccncc1. The molecule has 0 aliphatic carbocycles. The Hall–Kier alpha value is -2.27. The van der Waals surface area contributed by atoms with Gasteiger partial charge in [-0.1, -0.05) is 30.0 Å². The fraction of sp³-hybridized carbons (Fsp3) is 0.0667. The topological polar surface area (TPSA) is 56.7 Å². The summed E-state index contributed by atoms with van der Waals surface area (Å²) < 4.78 is 2.05. The van der Waals surface area contributed by atoms with E-state index in [9.17, 15) is 0 Å². The lowest BCUT2D eigenvalue weighted by Gasteiger charge is -2.08. The van der Waals surface area contributed by atoms with Crippen molar-refractivity contribution < 1.29 is 0 Å². The number of hydrogen-bond acceptors (Lipinski definition) is 4. The van der Waals surface area contributed by atoms with Crippen molar-refractivity contribution in [1.82, 2.24) is 14.5 Å². The molecule has 3 aromatic rings. The third-order valence-corrected chi connectivity index (χ3v) is 3.98. The highest BCUT2D eigenvalue weighted by atomic mass is 32.2. The summed E-state index contributed by atoms with van der Waals surface area (Å²) in [6, 6.07) is 11.8. The van der Waals surface area contributed by atoms with Gasteiger partial charge in [0.15, 0.2) is 5.16 Å². The van der Waals surface area contributed by atoms with Crippen LogP contribution in [0.15, 0.2) is 66.3 Å². The van der Waals surface area contributed by atoms with Crippen LogP contribution in [-0.4, -0.2) is 14.5 Å². The zero-order chi connectivity index (χ0) is 13.8. The molecule has 0 unspecified atom stereocenters. The van der Waals surface area contributed by atoms with E-state index in [1.807, 2.05) is 47.2 Å². The highest BCUT2D eigenvalue weighted by Crippen LogP contribution is 2.25. The van der Waals surface area contributed by atoms with Gasteiger partial charge in [0.05, 0.1) is 5.69 Å². The van der Waals surface area contributed by atoms with Crippen molar-refractivity contribution in [3.05, 3.63) is 66.7 Å². The number of hydrogen-bond donors (Lipinski definition) is 1. The number of aromatic nitrogens is 3. The van der Waals surface area contributed by atoms with E-state index in [1.54, 1.807) is 30.4 Å². The van der Waals surface area contributed by atoms with Crippen LogP contribution in [0.25, 0.3) is 5.69 Å².